The number of aliphatic hydroxyl groups is 1. The van der Waals surface area contributed by atoms with Crippen molar-refractivity contribution in [2.75, 3.05) is 0 Å². The summed E-state index contributed by atoms with van der Waals surface area (Å²) in [4.78, 5) is 11.8. The number of fused-ring (bicyclic) bond motifs is 3. The summed E-state index contributed by atoms with van der Waals surface area (Å²) in [6.45, 7) is 6.30. The number of aliphatic hydroxyl groups excluding tert-OH is 1. The molecule has 0 radical (unpaired) electrons. The Morgan fingerprint density at radius 2 is 2.17 bits per heavy atom. The summed E-state index contributed by atoms with van der Waals surface area (Å²) in [7, 11) is 0. The predicted octanol–water partition coefficient (Wildman–Crippen LogP) is 2.15. The Labute approximate surface area is 108 Å². The Balaban J connectivity index is 1.98. The van der Waals surface area contributed by atoms with Crippen LogP contribution in [0.5, 0.6) is 0 Å². The first-order valence-electron chi connectivity index (χ1n) is 7.02. The highest BCUT2D eigenvalue weighted by atomic mass is 16.6. The van der Waals surface area contributed by atoms with Crippen molar-refractivity contribution >= 4 is 5.97 Å². The van der Waals surface area contributed by atoms with Gasteiger partial charge in [0.05, 0.1) is 12.0 Å². The lowest BCUT2D eigenvalue weighted by molar-refractivity contribution is -0.151. The zero-order chi connectivity index (χ0) is 13.1. The van der Waals surface area contributed by atoms with Gasteiger partial charge in [-0.2, -0.15) is 0 Å². The third kappa shape index (κ3) is 1.49. The Hall–Kier alpha value is -0.830. The molecule has 3 nitrogen and oxygen atoms in total. The van der Waals surface area contributed by atoms with E-state index in [4.69, 9.17) is 4.74 Å². The van der Waals surface area contributed by atoms with Gasteiger partial charge in [0, 0.05) is 11.8 Å². The molecule has 0 bridgehead atoms. The number of carbonyl (C=O) groups is 1. The summed E-state index contributed by atoms with van der Waals surface area (Å²) >= 11 is 0. The zero-order valence-electron chi connectivity index (χ0n) is 11.3. The Kier molecular flexibility index (Phi) is 2.60. The van der Waals surface area contributed by atoms with Crippen LogP contribution in [0.15, 0.2) is 12.2 Å². The van der Waals surface area contributed by atoms with Crippen LogP contribution in [0.4, 0.5) is 0 Å². The van der Waals surface area contributed by atoms with Crippen molar-refractivity contribution < 1.29 is 14.6 Å². The van der Waals surface area contributed by atoms with Gasteiger partial charge in [-0.05, 0) is 24.2 Å². The van der Waals surface area contributed by atoms with Crippen LogP contribution in [0, 0.1) is 29.1 Å². The molecule has 1 saturated heterocycles. The molecule has 18 heavy (non-hydrogen) atoms. The Morgan fingerprint density at radius 3 is 2.89 bits per heavy atom. The van der Waals surface area contributed by atoms with Crippen LogP contribution < -0.4 is 0 Å². The van der Waals surface area contributed by atoms with Crippen molar-refractivity contribution in [3.8, 4) is 0 Å². The minimum Gasteiger partial charge on any atom is -0.461 e. The fraction of sp³-hybridized carbons (Fsp3) is 0.800. The third-order valence-corrected chi connectivity index (χ3v) is 5.60. The number of esters is 1. The summed E-state index contributed by atoms with van der Waals surface area (Å²) in [6, 6.07) is 0. The molecule has 7 atom stereocenters. The van der Waals surface area contributed by atoms with Crippen LogP contribution in [-0.4, -0.2) is 23.3 Å². The van der Waals surface area contributed by atoms with E-state index in [1.54, 1.807) is 0 Å². The van der Waals surface area contributed by atoms with Crippen molar-refractivity contribution in [2.24, 2.45) is 29.1 Å². The molecule has 1 aliphatic heterocycles. The second-order valence-electron chi connectivity index (χ2n) is 6.63. The van der Waals surface area contributed by atoms with Gasteiger partial charge in [0.15, 0.2) is 0 Å². The van der Waals surface area contributed by atoms with Crippen LogP contribution in [0.1, 0.15) is 33.6 Å². The quantitative estimate of drug-likeness (QED) is 0.529. The molecule has 3 aliphatic rings. The summed E-state index contributed by atoms with van der Waals surface area (Å²) in [5.74, 6) is 0.730. The SMILES string of the molecule is C[C@H]1[C@@H]2[C@@H]3OC(=O)[C@@H](C)[C@@H]3CC[C@@]2(C)C=C[C@@H]1O. The van der Waals surface area contributed by atoms with Crippen molar-refractivity contribution in [2.45, 2.75) is 45.8 Å². The van der Waals surface area contributed by atoms with Gasteiger partial charge < -0.3 is 9.84 Å². The van der Waals surface area contributed by atoms with E-state index in [1.165, 1.54) is 0 Å². The van der Waals surface area contributed by atoms with Gasteiger partial charge in [-0.3, -0.25) is 4.79 Å². The van der Waals surface area contributed by atoms with Crippen molar-refractivity contribution in [3.05, 3.63) is 12.2 Å². The average Bonchev–Trinajstić information content (AvgIpc) is 2.60. The number of hydrogen-bond donors (Lipinski definition) is 1. The summed E-state index contributed by atoms with van der Waals surface area (Å²) in [5.41, 5.74) is 0.0736. The highest BCUT2D eigenvalue weighted by molar-refractivity contribution is 5.75. The predicted molar refractivity (Wildman–Crippen MR) is 67.7 cm³/mol. The van der Waals surface area contributed by atoms with Crippen LogP contribution >= 0.6 is 0 Å². The minimum atomic E-state index is -0.406. The third-order valence-electron chi connectivity index (χ3n) is 5.60. The van der Waals surface area contributed by atoms with E-state index in [1.807, 2.05) is 13.0 Å². The topological polar surface area (TPSA) is 46.5 Å². The summed E-state index contributed by atoms with van der Waals surface area (Å²) < 4.78 is 5.65. The van der Waals surface area contributed by atoms with Crippen molar-refractivity contribution in [1.29, 1.82) is 0 Å². The monoisotopic (exact) mass is 250 g/mol. The second-order valence-corrected chi connectivity index (χ2v) is 6.63. The van der Waals surface area contributed by atoms with Crippen molar-refractivity contribution in [3.63, 3.8) is 0 Å². The molecule has 0 unspecified atom stereocenters. The highest BCUT2D eigenvalue weighted by Gasteiger charge is 2.57. The molecule has 2 fully saturated rings. The highest BCUT2D eigenvalue weighted by Crippen LogP contribution is 2.55. The van der Waals surface area contributed by atoms with E-state index in [9.17, 15) is 9.90 Å². The maximum Gasteiger partial charge on any atom is 0.309 e. The maximum absolute atomic E-state index is 11.8. The molecule has 2 aliphatic carbocycles. The normalized spacial score (nSPS) is 54.8. The van der Waals surface area contributed by atoms with E-state index >= 15 is 0 Å². The van der Waals surface area contributed by atoms with E-state index in [-0.39, 0.29) is 35.2 Å². The Bertz CT molecular complexity index is 403. The minimum absolute atomic E-state index is 0.000787. The molecule has 0 amide bonds. The first-order chi connectivity index (χ1) is 8.44. The van der Waals surface area contributed by atoms with Gasteiger partial charge in [-0.15, -0.1) is 0 Å². The lowest BCUT2D eigenvalue weighted by atomic mass is 9.55. The number of rotatable bonds is 0. The van der Waals surface area contributed by atoms with Crippen LogP contribution in [0.25, 0.3) is 0 Å². The lowest BCUT2D eigenvalue weighted by Gasteiger charge is -2.51. The van der Waals surface area contributed by atoms with Crippen LogP contribution in [0.2, 0.25) is 0 Å². The van der Waals surface area contributed by atoms with Gasteiger partial charge in [-0.1, -0.05) is 32.9 Å². The van der Waals surface area contributed by atoms with Gasteiger partial charge in [0.2, 0.25) is 0 Å². The molecule has 3 rings (SSSR count). The Morgan fingerprint density at radius 1 is 1.44 bits per heavy atom. The number of hydrogen-bond acceptors (Lipinski definition) is 3. The molecule has 0 spiro atoms. The molecule has 100 valence electrons. The van der Waals surface area contributed by atoms with Gasteiger partial charge >= 0.3 is 5.97 Å². The number of allylic oxidation sites excluding steroid dienone is 1. The largest absolute Gasteiger partial charge is 0.461 e. The molecular weight excluding hydrogens is 228 g/mol. The average molecular weight is 250 g/mol. The fourth-order valence-electron chi connectivity index (χ4n) is 4.36. The number of carbonyl (C=O) groups excluding carboxylic acids is 1. The summed E-state index contributed by atoms with van der Waals surface area (Å²) in [5, 5.41) is 10.1. The fourth-order valence-corrected chi connectivity index (χ4v) is 4.36. The van der Waals surface area contributed by atoms with Gasteiger partial charge in [0.1, 0.15) is 6.10 Å². The molecular formula is C15H22O3. The smallest absolute Gasteiger partial charge is 0.309 e. The number of ether oxygens (including phenoxy) is 1. The van der Waals surface area contributed by atoms with E-state index in [2.05, 4.69) is 19.9 Å². The van der Waals surface area contributed by atoms with Crippen LogP contribution in [0.3, 0.4) is 0 Å². The van der Waals surface area contributed by atoms with Gasteiger partial charge in [-0.25, -0.2) is 0 Å². The van der Waals surface area contributed by atoms with E-state index in [0.717, 1.165) is 12.8 Å². The van der Waals surface area contributed by atoms with E-state index in [0.29, 0.717) is 5.92 Å². The molecule has 0 aromatic heterocycles. The zero-order valence-corrected chi connectivity index (χ0v) is 11.3. The van der Waals surface area contributed by atoms with E-state index < -0.39 is 6.10 Å². The standard InChI is InChI=1S/C15H22O3/c1-8-10-4-6-15(3)7-5-11(16)9(2)12(15)13(10)18-14(8)17/h5,7-13,16H,4,6H2,1-3H3/t8-,9+,10-,11-,12+,13+,15-/m0/s1. The van der Waals surface area contributed by atoms with Crippen LogP contribution in [-0.2, 0) is 9.53 Å². The lowest BCUT2D eigenvalue weighted by Crippen LogP contribution is -2.51. The maximum atomic E-state index is 11.8. The van der Waals surface area contributed by atoms with Crippen molar-refractivity contribution in [1.82, 2.24) is 0 Å². The second kappa shape index (κ2) is 3.83. The first kappa shape index (κ1) is 12.2. The van der Waals surface area contributed by atoms with Gasteiger partial charge in [0.25, 0.3) is 0 Å². The first-order valence-corrected chi connectivity index (χ1v) is 7.02. The molecule has 1 N–H and O–H groups in total. The molecule has 0 aromatic rings. The molecule has 0 aromatic carbocycles. The molecule has 1 saturated carbocycles. The molecule has 3 heteroatoms. The molecule has 1 heterocycles. The summed E-state index contributed by atoms with van der Waals surface area (Å²) in [6.07, 6.45) is 5.81.